The summed E-state index contributed by atoms with van der Waals surface area (Å²) in [5, 5.41) is 14.3. The van der Waals surface area contributed by atoms with Gasteiger partial charge in [0.1, 0.15) is 23.3 Å². The molecule has 1 atom stereocenters. The Morgan fingerprint density at radius 2 is 1.88 bits per heavy atom. The van der Waals surface area contributed by atoms with Crippen LogP contribution in [0, 0.1) is 0 Å². The van der Waals surface area contributed by atoms with Gasteiger partial charge in [0.2, 0.25) is 0 Å². The van der Waals surface area contributed by atoms with Gasteiger partial charge in [-0.1, -0.05) is 12.1 Å². The molecule has 7 heteroatoms. The topological polar surface area (TPSA) is 83.1 Å². The van der Waals surface area contributed by atoms with Crippen molar-refractivity contribution in [2.24, 2.45) is 0 Å². The van der Waals surface area contributed by atoms with Crippen LogP contribution in [0.25, 0.3) is 11.3 Å². The van der Waals surface area contributed by atoms with Gasteiger partial charge in [0.05, 0.1) is 17.9 Å². The van der Waals surface area contributed by atoms with Crippen LogP contribution >= 0.6 is 0 Å². The number of H-pyrrole nitrogens is 1. The minimum atomic E-state index is -0.405. The molecule has 0 spiro atoms. The number of benzene rings is 2. The second kappa shape index (κ2) is 6.51. The number of fused-ring (bicyclic) bond motifs is 1. The van der Waals surface area contributed by atoms with E-state index in [0.29, 0.717) is 23.6 Å². The van der Waals surface area contributed by atoms with Crippen LogP contribution < -0.4 is 15.0 Å². The van der Waals surface area contributed by atoms with Gasteiger partial charge in [-0.25, -0.2) is 0 Å². The zero-order chi connectivity index (χ0) is 18.1. The molecule has 0 bridgehead atoms. The lowest BCUT2D eigenvalue weighted by molar-refractivity contribution is 0.0927. The molecular weight excluding hydrogens is 330 g/mol. The summed E-state index contributed by atoms with van der Waals surface area (Å²) in [7, 11) is 1.93. The van der Waals surface area contributed by atoms with Crippen molar-refractivity contribution in [3.8, 4) is 17.0 Å². The molecule has 26 heavy (non-hydrogen) atoms. The van der Waals surface area contributed by atoms with Gasteiger partial charge in [-0.05, 0) is 43.3 Å². The highest BCUT2D eigenvalue weighted by atomic mass is 16.5. The zero-order valence-corrected chi connectivity index (χ0v) is 14.6. The third-order valence-electron chi connectivity index (χ3n) is 4.46. The number of anilines is 1. The lowest BCUT2D eigenvalue weighted by atomic mass is 10.0. The largest absolute Gasteiger partial charge is 0.494 e. The number of rotatable bonds is 4. The van der Waals surface area contributed by atoms with Crippen molar-refractivity contribution in [2.45, 2.75) is 13.1 Å². The number of nitrogens with zero attached hydrogens (tertiary/aromatic N) is 3. The maximum Gasteiger partial charge on any atom is 0.255 e. The zero-order valence-electron chi connectivity index (χ0n) is 14.6. The van der Waals surface area contributed by atoms with Gasteiger partial charge >= 0.3 is 0 Å². The number of para-hydroxylation sites is 1. The molecule has 1 amide bonds. The first kappa shape index (κ1) is 16.1. The van der Waals surface area contributed by atoms with E-state index >= 15 is 0 Å². The Kier molecular flexibility index (Phi) is 4.04. The third-order valence-corrected chi connectivity index (χ3v) is 4.46. The number of hydrogen-bond acceptors (Lipinski definition) is 5. The van der Waals surface area contributed by atoms with E-state index in [1.54, 1.807) is 0 Å². The second-order valence-electron chi connectivity index (χ2n) is 6.02. The van der Waals surface area contributed by atoms with Crippen molar-refractivity contribution < 1.29 is 9.53 Å². The molecule has 4 rings (SSSR count). The van der Waals surface area contributed by atoms with Crippen LogP contribution in [0.15, 0.2) is 48.5 Å². The van der Waals surface area contributed by atoms with Crippen molar-refractivity contribution in [3.63, 3.8) is 0 Å². The first-order chi connectivity index (χ1) is 12.7. The number of carbonyl (C=O) groups excluding carboxylic acids is 1. The molecule has 2 aromatic carbocycles. The lowest BCUT2D eigenvalue weighted by Crippen LogP contribution is -2.45. The van der Waals surface area contributed by atoms with Gasteiger partial charge in [-0.15, -0.1) is 0 Å². The van der Waals surface area contributed by atoms with Gasteiger partial charge in [-0.3, -0.25) is 4.79 Å². The van der Waals surface area contributed by atoms with Crippen LogP contribution in [0.4, 0.5) is 5.69 Å². The Hall–Kier alpha value is -3.35. The Morgan fingerprint density at radius 3 is 2.65 bits per heavy atom. The standard InChI is InChI=1S/C19H19N5O2/c1-3-26-13-10-8-12(9-11-13)16-17(22-23-21-16)18-20-19(25)14-6-4-5-7-15(14)24(18)2/h4-11,18H,3H2,1-2H3,(H,20,25)(H,21,22,23). The van der Waals surface area contributed by atoms with Crippen molar-refractivity contribution >= 4 is 11.6 Å². The monoisotopic (exact) mass is 349 g/mol. The first-order valence-corrected chi connectivity index (χ1v) is 8.45. The fourth-order valence-electron chi connectivity index (χ4n) is 3.18. The van der Waals surface area contributed by atoms with E-state index in [4.69, 9.17) is 4.74 Å². The summed E-state index contributed by atoms with van der Waals surface area (Å²) in [5.74, 6) is 0.683. The fourth-order valence-corrected chi connectivity index (χ4v) is 3.18. The number of aromatic amines is 1. The number of nitrogens with one attached hydrogen (secondary N) is 2. The van der Waals surface area contributed by atoms with Crippen LogP contribution in [0.3, 0.4) is 0 Å². The first-order valence-electron chi connectivity index (χ1n) is 8.45. The van der Waals surface area contributed by atoms with E-state index in [1.807, 2.05) is 67.4 Å². The highest BCUT2D eigenvalue weighted by Gasteiger charge is 2.32. The quantitative estimate of drug-likeness (QED) is 0.757. The normalized spacial score (nSPS) is 16.2. The minimum Gasteiger partial charge on any atom is -0.494 e. The summed E-state index contributed by atoms with van der Waals surface area (Å²) in [6.07, 6.45) is -0.405. The summed E-state index contributed by atoms with van der Waals surface area (Å²) in [4.78, 5) is 14.5. The van der Waals surface area contributed by atoms with Crippen molar-refractivity contribution in [3.05, 3.63) is 59.8 Å². The van der Waals surface area contributed by atoms with Crippen molar-refractivity contribution in [1.29, 1.82) is 0 Å². The summed E-state index contributed by atoms with van der Waals surface area (Å²) < 4.78 is 5.49. The molecule has 2 heterocycles. The molecule has 2 N–H and O–H groups in total. The van der Waals surface area contributed by atoms with E-state index in [-0.39, 0.29) is 5.91 Å². The van der Waals surface area contributed by atoms with Crippen LogP contribution in [0.5, 0.6) is 5.75 Å². The smallest absolute Gasteiger partial charge is 0.255 e. The number of ether oxygens (including phenoxy) is 1. The van der Waals surface area contributed by atoms with E-state index in [1.165, 1.54) is 0 Å². The lowest BCUT2D eigenvalue weighted by Gasteiger charge is -2.35. The molecule has 0 saturated heterocycles. The number of hydrogen-bond donors (Lipinski definition) is 2. The molecule has 0 saturated carbocycles. The summed E-state index contributed by atoms with van der Waals surface area (Å²) >= 11 is 0. The molecule has 3 aromatic rings. The molecule has 7 nitrogen and oxygen atoms in total. The predicted molar refractivity (Wildman–Crippen MR) is 98.0 cm³/mol. The van der Waals surface area contributed by atoms with Crippen molar-refractivity contribution in [2.75, 3.05) is 18.6 Å². The SMILES string of the molecule is CCOc1ccc(-c2n[nH]nc2C2NC(=O)c3ccccc3N2C)cc1. The maximum absolute atomic E-state index is 12.5. The molecule has 0 aliphatic carbocycles. The Morgan fingerprint density at radius 1 is 1.12 bits per heavy atom. The highest BCUT2D eigenvalue weighted by Crippen LogP contribution is 2.34. The van der Waals surface area contributed by atoms with E-state index in [9.17, 15) is 4.79 Å². The third kappa shape index (κ3) is 2.67. The van der Waals surface area contributed by atoms with Crippen molar-refractivity contribution in [1.82, 2.24) is 20.7 Å². The fraction of sp³-hybridized carbons (Fsp3) is 0.211. The Balaban J connectivity index is 1.70. The average Bonchev–Trinajstić information content (AvgIpc) is 3.15. The van der Waals surface area contributed by atoms with E-state index in [0.717, 1.165) is 17.0 Å². The average molecular weight is 349 g/mol. The molecule has 0 radical (unpaired) electrons. The number of aromatic nitrogens is 3. The number of amides is 1. The van der Waals surface area contributed by atoms with E-state index in [2.05, 4.69) is 20.7 Å². The van der Waals surface area contributed by atoms with Gasteiger partial charge < -0.3 is 15.0 Å². The van der Waals surface area contributed by atoms with Crippen LogP contribution in [0.1, 0.15) is 29.1 Å². The van der Waals surface area contributed by atoms with Gasteiger partial charge in [-0.2, -0.15) is 15.4 Å². The van der Waals surface area contributed by atoms with Gasteiger partial charge in [0.15, 0.2) is 0 Å². The van der Waals surface area contributed by atoms with Crippen LogP contribution in [-0.4, -0.2) is 35.0 Å². The predicted octanol–water partition coefficient (Wildman–Crippen LogP) is 2.75. The summed E-state index contributed by atoms with van der Waals surface area (Å²) in [6.45, 7) is 2.57. The molecular formula is C19H19N5O2. The minimum absolute atomic E-state index is 0.121. The Bertz CT molecular complexity index is 935. The molecule has 1 aromatic heterocycles. The molecule has 0 fully saturated rings. The molecule has 132 valence electrons. The van der Waals surface area contributed by atoms with Gasteiger partial charge in [0.25, 0.3) is 5.91 Å². The number of carbonyl (C=O) groups is 1. The van der Waals surface area contributed by atoms with Crippen LogP contribution in [-0.2, 0) is 0 Å². The van der Waals surface area contributed by atoms with E-state index < -0.39 is 6.17 Å². The van der Waals surface area contributed by atoms with Gasteiger partial charge in [0, 0.05) is 12.6 Å². The molecule has 1 aliphatic rings. The highest BCUT2D eigenvalue weighted by molar-refractivity contribution is 6.02. The summed E-state index contributed by atoms with van der Waals surface area (Å²) in [6, 6.07) is 15.2. The van der Waals surface area contributed by atoms with Crippen LogP contribution in [0.2, 0.25) is 0 Å². The summed E-state index contributed by atoms with van der Waals surface area (Å²) in [5.41, 5.74) is 3.78. The molecule has 1 unspecified atom stereocenters. The Labute approximate surface area is 151 Å². The molecule has 1 aliphatic heterocycles. The maximum atomic E-state index is 12.5. The second-order valence-corrected chi connectivity index (χ2v) is 6.02.